The van der Waals surface area contributed by atoms with E-state index in [0.29, 0.717) is 18.4 Å². The van der Waals surface area contributed by atoms with Gasteiger partial charge in [-0.15, -0.1) is 0 Å². The number of ether oxygens (including phenoxy) is 1. The monoisotopic (exact) mass is 196 g/mol. The Morgan fingerprint density at radius 3 is 2.86 bits per heavy atom. The van der Waals surface area contributed by atoms with Crippen LogP contribution in [0.15, 0.2) is 12.7 Å². The summed E-state index contributed by atoms with van der Waals surface area (Å²) in [5, 5.41) is 0. The molecular weight excluding hydrogens is 176 g/mol. The molecule has 0 heterocycles. The topological polar surface area (TPSA) is 26.3 Å². The largest absolute Gasteiger partial charge is 0.375 e. The molecule has 0 aliphatic heterocycles. The number of ketones is 1. The van der Waals surface area contributed by atoms with Crippen molar-refractivity contribution >= 4 is 5.78 Å². The molecule has 2 nitrogen and oxygen atoms in total. The molecular formula is C12H20O2. The molecule has 0 bridgehead atoms. The summed E-state index contributed by atoms with van der Waals surface area (Å²) in [7, 11) is 0. The quantitative estimate of drug-likeness (QED) is 0.632. The zero-order chi connectivity index (χ0) is 10.6. The minimum Gasteiger partial charge on any atom is -0.375 e. The van der Waals surface area contributed by atoms with Gasteiger partial charge in [-0.25, -0.2) is 0 Å². The first-order valence-electron chi connectivity index (χ1n) is 5.44. The Morgan fingerprint density at radius 2 is 2.29 bits per heavy atom. The maximum atomic E-state index is 11.2. The summed E-state index contributed by atoms with van der Waals surface area (Å²) in [5.74, 6) is 0.567. The normalized spacial score (nSPS) is 26.8. The van der Waals surface area contributed by atoms with Gasteiger partial charge in [0.2, 0.25) is 0 Å². The Balaban J connectivity index is 2.42. The highest BCUT2D eigenvalue weighted by Crippen LogP contribution is 2.31. The Morgan fingerprint density at radius 1 is 1.57 bits per heavy atom. The van der Waals surface area contributed by atoms with E-state index in [2.05, 4.69) is 6.58 Å². The first-order chi connectivity index (χ1) is 6.63. The third kappa shape index (κ3) is 3.26. The number of carbonyl (C=O) groups is 1. The Kier molecular flexibility index (Phi) is 4.33. The van der Waals surface area contributed by atoms with Gasteiger partial charge in [-0.3, -0.25) is 4.79 Å². The van der Waals surface area contributed by atoms with Crippen molar-refractivity contribution in [2.75, 3.05) is 0 Å². The van der Waals surface area contributed by atoms with Crippen LogP contribution in [0, 0.1) is 5.92 Å². The zero-order valence-electron chi connectivity index (χ0n) is 9.16. The highest BCUT2D eigenvalue weighted by atomic mass is 16.5. The molecule has 2 heteroatoms. The Bertz CT molecular complexity index is 208. The van der Waals surface area contributed by atoms with Gasteiger partial charge < -0.3 is 4.74 Å². The predicted molar refractivity (Wildman–Crippen MR) is 57.2 cm³/mol. The number of hydrogen-bond donors (Lipinski definition) is 0. The van der Waals surface area contributed by atoms with E-state index in [1.54, 1.807) is 0 Å². The maximum Gasteiger partial charge on any atom is 0.155 e. The second kappa shape index (κ2) is 5.30. The molecule has 0 saturated heterocycles. The van der Waals surface area contributed by atoms with Crippen molar-refractivity contribution in [2.24, 2.45) is 5.92 Å². The van der Waals surface area contributed by atoms with Crippen molar-refractivity contribution in [3.63, 3.8) is 0 Å². The van der Waals surface area contributed by atoms with Crippen molar-refractivity contribution < 1.29 is 9.53 Å². The van der Waals surface area contributed by atoms with Crippen LogP contribution >= 0.6 is 0 Å². The van der Waals surface area contributed by atoms with Gasteiger partial charge in [0.15, 0.2) is 5.78 Å². The van der Waals surface area contributed by atoms with Crippen molar-refractivity contribution in [1.29, 1.82) is 0 Å². The van der Waals surface area contributed by atoms with Gasteiger partial charge in [0.05, 0.1) is 12.2 Å². The van der Waals surface area contributed by atoms with Crippen molar-refractivity contribution in [1.82, 2.24) is 0 Å². The third-order valence-electron chi connectivity index (χ3n) is 2.73. The molecule has 0 amide bonds. The first-order valence-corrected chi connectivity index (χ1v) is 5.44. The van der Waals surface area contributed by atoms with Crippen LogP contribution < -0.4 is 0 Å². The zero-order valence-corrected chi connectivity index (χ0v) is 9.16. The fraction of sp³-hybridized carbons (Fsp3) is 0.750. The summed E-state index contributed by atoms with van der Waals surface area (Å²) in [4.78, 5) is 11.2. The van der Waals surface area contributed by atoms with Crippen LogP contribution in [0.3, 0.4) is 0 Å². The summed E-state index contributed by atoms with van der Waals surface area (Å²) >= 11 is 0. The van der Waals surface area contributed by atoms with E-state index in [4.69, 9.17) is 4.74 Å². The van der Waals surface area contributed by atoms with E-state index in [1.165, 1.54) is 12.5 Å². The molecule has 2 unspecified atom stereocenters. The average molecular weight is 196 g/mol. The van der Waals surface area contributed by atoms with Gasteiger partial charge >= 0.3 is 0 Å². The molecule has 1 saturated carbocycles. The van der Waals surface area contributed by atoms with Crippen LogP contribution in [0.2, 0.25) is 0 Å². The van der Waals surface area contributed by atoms with E-state index < -0.39 is 0 Å². The van der Waals surface area contributed by atoms with Gasteiger partial charge in [0.25, 0.3) is 0 Å². The molecule has 0 N–H and O–H groups in total. The average Bonchev–Trinajstić information content (AvgIpc) is 2.52. The lowest BCUT2D eigenvalue weighted by Crippen LogP contribution is -2.23. The summed E-state index contributed by atoms with van der Waals surface area (Å²) in [6, 6.07) is 0. The molecule has 0 aromatic rings. The van der Waals surface area contributed by atoms with Crippen LogP contribution in [0.1, 0.15) is 39.5 Å². The second-order valence-corrected chi connectivity index (χ2v) is 4.29. The van der Waals surface area contributed by atoms with Crippen LogP contribution in [0.25, 0.3) is 0 Å². The van der Waals surface area contributed by atoms with Gasteiger partial charge in [0, 0.05) is 6.42 Å². The molecule has 80 valence electrons. The van der Waals surface area contributed by atoms with Gasteiger partial charge in [0.1, 0.15) is 0 Å². The molecule has 0 aromatic carbocycles. The van der Waals surface area contributed by atoms with E-state index >= 15 is 0 Å². The van der Waals surface area contributed by atoms with Crippen LogP contribution in [0.4, 0.5) is 0 Å². The van der Waals surface area contributed by atoms with Crippen LogP contribution in [-0.4, -0.2) is 18.0 Å². The highest BCUT2D eigenvalue weighted by Gasteiger charge is 2.29. The number of hydrogen-bond acceptors (Lipinski definition) is 2. The fourth-order valence-corrected chi connectivity index (χ4v) is 2.11. The van der Waals surface area contributed by atoms with E-state index in [0.717, 1.165) is 12.8 Å². The van der Waals surface area contributed by atoms with Crippen LogP contribution in [0.5, 0.6) is 0 Å². The SMILES string of the molecule is C=CC(=O)CC1CCCC1OC(C)C. The molecule has 1 fully saturated rings. The fourth-order valence-electron chi connectivity index (χ4n) is 2.11. The first kappa shape index (κ1) is 11.4. The Labute approximate surface area is 86.3 Å². The Hall–Kier alpha value is -0.630. The molecule has 1 aliphatic rings. The molecule has 0 spiro atoms. The second-order valence-electron chi connectivity index (χ2n) is 4.29. The maximum absolute atomic E-state index is 11.2. The molecule has 1 aliphatic carbocycles. The molecule has 2 atom stereocenters. The van der Waals surface area contributed by atoms with Crippen molar-refractivity contribution in [2.45, 2.75) is 51.7 Å². The van der Waals surface area contributed by atoms with Crippen LogP contribution in [-0.2, 0) is 9.53 Å². The molecule has 14 heavy (non-hydrogen) atoms. The van der Waals surface area contributed by atoms with Gasteiger partial charge in [-0.1, -0.05) is 13.0 Å². The molecule has 0 aromatic heterocycles. The van der Waals surface area contributed by atoms with Crippen molar-refractivity contribution in [3.05, 3.63) is 12.7 Å². The lowest BCUT2D eigenvalue weighted by molar-refractivity contribution is -0.117. The third-order valence-corrected chi connectivity index (χ3v) is 2.73. The summed E-state index contributed by atoms with van der Waals surface area (Å²) in [5.41, 5.74) is 0. The standard InChI is InChI=1S/C12H20O2/c1-4-11(13)8-10-6-5-7-12(10)14-9(2)3/h4,9-10,12H,1,5-8H2,2-3H3. The number of carbonyl (C=O) groups excluding carboxylic acids is 1. The minimum atomic E-state index is 0.147. The summed E-state index contributed by atoms with van der Waals surface area (Å²) in [6.45, 7) is 7.59. The minimum absolute atomic E-state index is 0.147. The smallest absolute Gasteiger partial charge is 0.155 e. The van der Waals surface area contributed by atoms with E-state index in [1.807, 2.05) is 13.8 Å². The summed E-state index contributed by atoms with van der Waals surface area (Å²) < 4.78 is 5.78. The lowest BCUT2D eigenvalue weighted by Gasteiger charge is -2.21. The predicted octanol–water partition coefficient (Wildman–Crippen LogP) is 2.73. The lowest BCUT2D eigenvalue weighted by atomic mass is 9.99. The number of rotatable bonds is 5. The highest BCUT2D eigenvalue weighted by molar-refractivity contribution is 5.89. The molecule has 0 radical (unpaired) electrons. The molecule has 1 rings (SSSR count). The van der Waals surface area contributed by atoms with E-state index in [-0.39, 0.29) is 11.9 Å². The van der Waals surface area contributed by atoms with E-state index in [9.17, 15) is 4.79 Å². The summed E-state index contributed by atoms with van der Waals surface area (Å²) in [6.07, 6.45) is 6.00. The van der Waals surface area contributed by atoms with Crippen molar-refractivity contribution in [3.8, 4) is 0 Å². The van der Waals surface area contributed by atoms with Gasteiger partial charge in [-0.2, -0.15) is 0 Å². The number of allylic oxidation sites excluding steroid dienone is 1. The van der Waals surface area contributed by atoms with Gasteiger partial charge in [-0.05, 0) is 38.7 Å².